The number of carbonyl (C=O) groups is 1. The van der Waals surface area contributed by atoms with Crippen molar-refractivity contribution in [1.82, 2.24) is 5.32 Å². The third kappa shape index (κ3) is 4.05. The topological polar surface area (TPSA) is 64.4 Å². The Morgan fingerprint density at radius 2 is 1.95 bits per heavy atom. The zero-order chi connectivity index (χ0) is 15.4. The molecule has 116 valence electrons. The molecular weight excluding hydrogens is 264 g/mol. The van der Waals surface area contributed by atoms with Crippen molar-refractivity contribution in [1.29, 1.82) is 0 Å². The predicted molar refractivity (Wildman–Crippen MR) is 84.3 cm³/mol. The third-order valence-electron chi connectivity index (χ3n) is 4.18. The van der Waals surface area contributed by atoms with Gasteiger partial charge in [0.1, 0.15) is 6.10 Å². The number of hydrogen-bond donors (Lipinski definition) is 2. The maximum absolute atomic E-state index is 12.0. The Hall–Kier alpha value is -1.39. The lowest BCUT2D eigenvalue weighted by Crippen LogP contribution is -2.36. The number of rotatable bonds is 5. The molecule has 4 heteroatoms. The molecule has 21 heavy (non-hydrogen) atoms. The van der Waals surface area contributed by atoms with E-state index in [0.717, 1.165) is 19.3 Å². The molecule has 1 saturated heterocycles. The second-order valence-electron chi connectivity index (χ2n) is 5.98. The van der Waals surface area contributed by atoms with Gasteiger partial charge < -0.3 is 15.8 Å². The first-order valence-corrected chi connectivity index (χ1v) is 7.71. The lowest BCUT2D eigenvalue weighted by molar-refractivity contribution is -0.131. The standard InChI is InChI=1S/C17H26N2O2/c1-11-8-12(2)15(13(3)9-11)6-7-19-17(20)16-5-4-14(10-18)21-16/h8-9,14,16H,4-7,10,18H2,1-3H3,(H,19,20)/t14-,16+/m1/s1. The number of aryl methyl sites for hydroxylation is 3. The Kier molecular flexibility index (Phi) is 5.37. The molecule has 1 amide bonds. The van der Waals surface area contributed by atoms with Crippen molar-refractivity contribution in [2.45, 2.75) is 52.2 Å². The fourth-order valence-corrected chi connectivity index (χ4v) is 3.10. The fourth-order valence-electron chi connectivity index (χ4n) is 3.10. The van der Waals surface area contributed by atoms with Crippen LogP contribution in [-0.2, 0) is 16.0 Å². The highest BCUT2D eigenvalue weighted by Crippen LogP contribution is 2.19. The predicted octanol–water partition coefficient (Wildman–Crippen LogP) is 1.78. The Morgan fingerprint density at radius 3 is 2.52 bits per heavy atom. The molecule has 1 aromatic rings. The quantitative estimate of drug-likeness (QED) is 0.869. The highest BCUT2D eigenvalue weighted by molar-refractivity contribution is 5.81. The molecule has 3 N–H and O–H groups in total. The van der Waals surface area contributed by atoms with E-state index in [4.69, 9.17) is 10.5 Å². The van der Waals surface area contributed by atoms with Crippen LogP contribution in [0.2, 0.25) is 0 Å². The highest BCUT2D eigenvalue weighted by Gasteiger charge is 2.29. The first-order valence-electron chi connectivity index (χ1n) is 7.71. The van der Waals surface area contributed by atoms with Crippen LogP contribution in [0.5, 0.6) is 0 Å². The molecule has 0 unspecified atom stereocenters. The first kappa shape index (κ1) is 16.0. The van der Waals surface area contributed by atoms with Crippen LogP contribution in [-0.4, -0.2) is 31.2 Å². The summed E-state index contributed by atoms with van der Waals surface area (Å²) in [7, 11) is 0. The van der Waals surface area contributed by atoms with E-state index in [-0.39, 0.29) is 18.1 Å². The largest absolute Gasteiger partial charge is 0.364 e. The average molecular weight is 290 g/mol. The summed E-state index contributed by atoms with van der Waals surface area (Å²) in [4.78, 5) is 12.0. The van der Waals surface area contributed by atoms with Gasteiger partial charge in [0.25, 0.3) is 0 Å². The maximum atomic E-state index is 12.0. The van der Waals surface area contributed by atoms with Crippen molar-refractivity contribution in [2.75, 3.05) is 13.1 Å². The zero-order valence-electron chi connectivity index (χ0n) is 13.2. The van der Waals surface area contributed by atoms with E-state index < -0.39 is 0 Å². The normalized spacial score (nSPS) is 21.5. The third-order valence-corrected chi connectivity index (χ3v) is 4.18. The molecular formula is C17H26N2O2. The van der Waals surface area contributed by atoms with Gasteiger partial charge in [-0.15, -0.1) is 0 Å². The lowest BCUT2D eigenvalue weighted by Gasteiger charge is -2.14. The molecule has 0 aliphatic carbocycles. The van der Waals surface area contributed by atoms with Gasteiger partial charge in [0.2, 0.25) is 5.91 Å². The molecule has 2 rings (SSSR count). The molecule has 2 atom stereocenters. The number of ether oxygens (including phenoxy) is 1. The van der Waals surface area contributed by atoms with E-state index in [1.165, 1.54) is 22.3 Å². The second kappa shape index (κ2) is 7.05. The van der Waals surface area contributed by atoms with E-state index in [0.29, 0.717) is 13.1 Å². The SMILES string of the molecule is Cc1cc(C)c(CCNC(=O)[C@@H]2CC[C@H](CN)O2)c(C)c1. The minimum Gasteiger partial charge on any atom is -0.364 e. The number of amides is 1. The van der Waals surface area contributed by atoms with Crippen LogP contribution in [0.25, 0.3) is 0 Å². The van der Waals surface area contributed by atoms with E-state index in [2.05, 4.69) is 38.2 Å². The van der Waals surface area contributed by atoms with Crippen molar-refractivity contribution < 1.29 is 9.53 Å². The van der Waals surface area contributed by atoms with E-state index in [1.54, 1.807) is 0 Å². The summed E-state index contributed by atoms with van der Waals surface area (Å²) in [5, 5.41) is 2.98. The smallest absolute Gasteiger partial charge is 0.249 e. The van der Waals surface area contributed by atoms with E-state index >= 15 is 0 Å². The van der Waals surface area contributed by atoms with Gasteiger partial charge in [-0.1, -0.05) is 17.7 Å². The van der Waals surface area contributed by atoms with Crippen LogP contribution >= 0.6 is 0 Å². The molecule has 0 aromatic heterocycles. The Balaban J connectivity index is 1.83. The van der Waals surface area contributed by atoms with Gasteiger partial charge in [0.05, 0.1) is 6.10 Å². The van der Waals surface area contributed by atoms with Crippen LogP contribution in [0.3, 0.4) is 0 Å². The molecule has 1 aliphatic rings. The Labute approximate surface area is 127 Å². The monoisotopic (exact) mass is 290 g/mol. The second-order valence-corrected chi connectivity index (χ2v) is 5.98. The fraction of sp³-hybridized carbons (Fsp3) is 0.588. The van der Waals surface area contributed by atoms with Gasteiger partial charge in [-0.2, -0.15) is 0 Å². The minimum atomic E-state index is -0.321. The van der Waals surface area contributed by atoms with E-state index in [9.17, 15) is 4.79 Å². The molecule has 0 radical (unpaired) electrons. The van der Waals surface area contributed by atoms with Gasteiger partial charge >= 0.3 is 0 Å². The summed E-state index contributed by atoms with van der Waals surface area (Å²) in [6, 6.07) is 4.38. The van der Waals surface area contributed by atoms with Crippen molar-refractivity contribution in [3.05, 3.63) is 34.4 Å². The van der Waals surface area contributed by atoms with Crippen molar-refractivity contribution >= 4 is 5.91 Å². The summed E-state index contributed by atoms with van der Waals surface area (Å²) in [5.41, 5.74) is 10.8. The average Bonchev–Trinajstić information content (AvgIpc) is 2.90. The Morgan fingerprint density at radius 1 is 1.29 bits per heavy atom. The summed E-state index contributed by atoms with van der Waals surface area (Å²) < 4.78 is 5.60. The maximum Gasteiger partial charge on any atom is 0.249 e. The first-order chi connectivity index (χ1) is 10.0. The van der Waals surface area contributed by atoms with E-state index in [1.807, 2.05) is 0 Å². The Bertz CT molecular complexity index is 491. The van der Waals surface area contributed by atoms with Gasteiger partial charge in [-0.25, -0.2) is 0 Å². The molecule has 0 bridgehead atoms. The minimum absolute atomic E-state index is 0.00614. The van der Waals surface area contributed by atoms with Crippen LogP contribution in [0, 0.1) is 20.8 Å². The van der Waals surface area contributed by atoms with Gasteiger partial charge in [0, 0.05) is 13.1 Å². The number of nitrogens with two attached hydrogens (primary N) is 1. The molecule has 1 aromatic carbocycles. The van der Waals surface area contributed by atoms with Gasteiger partial charge in [0.15, 0.2) is 0 Å². The van der Waals surface area contributed by atoms with Gasteiger partial charge in [-0.3, -0.25) is 4.79 Å². The lowest BCUT2D eigenvalue weighted by atomic mass is 9.97. The van der Waals surface area contributed by atoms with Crippen LogP contribution < -0.4 is 11.1 Å². The summed E-state index contributed by atoms with van der Waals surface area (Å²) >= 11 is 0. The summed E-state index contributed by atoms with van der Waals surface area (Å²) in [6.45, 7) is 7.51. The summed E-state index contributed by atoms with van der Waals surface area (Å²) in [5.74, 6) is -0.00614. The summed E-state index contributed by atoms with van der Waals surface area (Å²) in [6.07, 6.45) is 2.23. The van der Waals surface area contributed by atoms with Crippen molar-refractivity contribution in [3.63, 3.8) is 0 Å². The van der Waals surface area contributed by atoms with Crippen molar-refractivity contribution in [2.24, 2.45) is 5.73 Å². The molecule has 4 nitrogen and oxygen atoms in total. The van der Waals surface area contributed by atoms with Gasteiger partial charge in [-0.05, 0) is 56.7 Å². The number of benzene rings is 1. The van der Waals surface area contributed by atoms with Crippen molar-refractivity contribution in [3.8, 4) is 0 Å². The van der Waals surface area contributed by atoms with Crippen LogP contribution in [0.15, 0.2) is 12.1 Å². The zero-order valence-corrected chi connectivity index (χ0v) is 13.2. The number of carbonyl (C=O) groups excluding carboxylic acids is 1. The van der Waals surface area contributed by atoms with Crippen LogP contribution in [0.1, 0.15) is 35.1 Å². The highest BCUT2D eigenvalue weighted by atomic mass is 16.5. The number of hydrogen-bond acceptors (Lipinski definition) is 3. The molecule has 1 heterocycles. The van der Waals surface area contributed by atoms with Crippen LogP contribution in [0.4, 0.5) is 0 Å². The number of nitrogens with one attached hydrogen (secondary N) is 1. The molecule has 0 saturated carbocycles. The molecule has 0 spiro atoms. The molecule has 1 aliphatic heterocycles. The molecule has 1 fully saturated rings.